The molecule has 0 unspecified atom stereocenters. The summed E-state index contributed by atoms with van der Waals surface area (Å²) in [5, 5.41) is 11.6. The van der Waals surface area contributed by atoms with Crippen LogP contribution in [0.15, 0.2) is 72.8 Å². The number of hydrogen-bond acceptors (Lipinski definition) is 7. The van der Waals surface area contributed by atoms with Gasteiger partial charge < -0.3 is 8.92 Å². The van der Waals surface area contributed by atoms with Crippen molar-refractivity contribution in [2.45, 2.75) is 25.7 Å². The summed E-state index contributed by atoms with van der Waals surface area (Å²) in [7, 11) is -4.50. The molecule has 35 heavy (non-hydrogen) atoms. The molecular formula is C24H21N3O7S. The minimum Gasteiger partial charge on any atom is -0.444 e. The fraction of sp³-hybridized carbons (Fsp3) is 0.208. The quantitative estimate of drug-likeness (QED) is 0.395. The topological polar surface area (TPSA) is 119 Å². The molecule has 3 aromatic rings. The standard InChI is InChI=1S/C24H21N3O7S/c1-16-8-7-12-18-20(14-25(29)30)27-23(19-11-5-6-13-21(19)34-35(27,31)32)26(22(16)18)24(28)33-15-17-9-3-2-4-10-17/h2-13,20,23H,14-15H2,1H3/t20-,23+/m0/s1. The van der Waals surface area contributed by atoms with Crippen molar-refractivity contribution in [2.75, 3.05) is 11.4 Å². The molecule has 2 aliphatic rings. The van der Waals surface area contributed by atoms with E-state index in [9.17, 15) is 23.3 Å². The molecule has 3 aromatic carbocycles. The van der Waals surface area contributed by atoms with E-state index < -0.39 is 40.1 Å². The number of para-hydroxylation sites is 2. The third kappa shape index (κ3) is 3.98. The van der Waals surface area contributed by atoms with Gasteiger partial charge in [0.05, 0.1) is 5.69 Å². The number of benzene rings is 3. The summed E-state index contributed by atoms with van der Waals surface area (Å²) < 4.78 is 38.4. The molecule has 0 saturated heterocycles. The Morgan fingerprint density at radius 2 is 1.71 bits per heavy atom. The lowest BCUT2D eigenvalue weighted by atomic mass is 9.94. The molecule has 0 aromatic heterocycles. The maximum atomic E-state index is 13.6. The van der Waals surface area contributed by atoms with Gasteiger partial charge in [-0.05, 0) is 24.1 Å². The number of anilines is 1. The molecule has 2 atom stereocenters. The van der Waals surface area contributed by atoms with E-state index in [1.807, 2.05) is 18.2 Å². The highest BCUT2D eigenvalue weighted by Crippen LogP contribution is 2.52. The third-order valence-corrected chi connectivity index (χ3v) is 7.40. The highest BCUT2D eigenvalue weighted by Gasteiger charge is 2.55. The monoisotopic (exact) mass is 495 g/mol. The zero-order valence-electron chi connectivity index (χ0n) is 18.6. The van der Waals surface area contributed by atoms with Crippen molar-refractivity contribution in [3.63, 3.8) is 0 Å². The van der Waals surface area contributed by atoms with Gasteiger partial charge in [-0.3, -0.25) is 15.0 Å². The number of aryl methyl sites for hydroxylation is 1. The maximum Gasteiger partial charge on any atom is 0.416 e. The minimum absolute atomic E-state index is 0.0344. The van der Waals surface area contributed by atoms with Crippen molar-refractivity contribution >= 4 is 22.1 Å². The van der Waals surface area contributed by atoms with Crippen molar-refractivity contribution in [3.05, 3.63) is 105 Å². The van der Waals surface area contributed by atoms with Crippen molar-refractivity contribution in [3.8, 4) is 5.75 Å². The lowest BCUT2D eigenvalue weighted by Gasteiger charge is -2.48. The SMILES string of the molecule is Cc1cccc2c1N(C(=O)OCc1ccccc1)[C@H]1c3ccccc3OS(=O)(=O)N1[C@H]2C[N+](=O)[O-]. The van der Waals surface area contributed by atoms with E-state index in [2.05, 4.69) is 0 Å². The van der Waals surface area contributed by atoms with Crippen LogP contribution in [-0.2, 0) is 21.6 Å². The fourth-order valence-corrected chi connectivity index (χ4v) is 6.01. The second-order valence-electron chi connectivity index (χ2n) is 8.24. The largest absolute Gasteiger partial charge is 0.444 e. The van der Waals surface area contributed by atoms with E-state index in [0.29, 0.717) is 22.4 Å². The van der Waals surface area contributed by atoms with E-state index in [-0.39, 0.29) is 12.4 Å². The van der Waals surface area contributed by atoms with E-state index in [1.54, 1.807) is 55.5 Å². The molecule has 0 fully saturated rings. The second-order valence-corrected chi connectivity index (χ2v) is 9.68. The number of nitro groups is 1. The number of fused-ring (bicyclic) bond motifs is 4. The van der Waals surface area contributed by atoms with Crippen LogP contribution in [0.1, 0.15) is 34.5 Å². The minimum atomic E-state index is -4.50. The molecule has 5 rings (SSSR count). The Morgan fingerprint density at radius 3 is 2.46 bits per heavy atom. The van der Waals surface area contributed by atoms with Gasteiger partial charge in [0.2, 0.25) is 6.54 Å². The molecule has 2 aliphatic heterocycles. The van der Waals surface area contributed by atoms with Crippen LogP contribution in [0.3, 0.4) is 0 Å². The maximum absolute atomic E-state index is 13.6. The molecule has 0 bridgehead atoms. The zero-order valence-corrected chi connectivity index (χ0v) is 19.4. The molecule has 0 spiro atoms. The zero-order chi connectivity index (χ0) is 24.7. The number of rotatable bonds is 4. The lowest BCUT2D eigenvalue weighted by molar-refractivity contribution is -0.487. The number of ether oxygens (including phenoxy) is 1. The van der Waals surface area contributed by atoms with Gasteiger partial charge >= 0.3 is 16.4 Å². The van der Waals surface area contributed by atoms with Crippen LogP contribution in [0.4, 0.5) is 10.5 Å². The van der Waals surface area contributed by atoms with E-state index in [4.69, 9.17) is 8.92 Å². The van der Waals surface area contributed by atoms with Crippen LogP contribution in [0.25, 0.3) is 0 Å². The molecule has 1 amide bonds. The Bertz CT molecular complexity index is 1410. The Kier molecular flexibility index (Phi) is 5.65. The van der Waals surface area contributed by atoms with E-state index >= 15 is 0 Å². The molecule has 2 heterocycles. The number of carbonyl (C=O) groups excluding carboxylic acids is 1. The molecule has 0 N–H and O–H groups in total. The van der Waals surface area contributed by atoms with Gasteiger partial charge in [-0.15, -0.1) is 4.31 Å². The van der Waals surface area contributed by atoms with Crippen LogP contribution in [0.5, 0.6) is 5.75 Å². The molecule has 10 nitrogen and oxygen atoms in total. The van der Waals surface area contributed by atoms with E-state index in [0.717, 1.165) is 9.87 Å². The predicted molar refractivity (Wildman–Crippen MR) is 125 cm³/mol. The van der Waals surface area contributed by atoms with Crippen molar-refractivity contribution in [1.82, 2.24) is 4.31 Å². The lowest BCUT2D eigenvalue weighted by Crippen LogP contribution is -2.56. The normalized spacial score (nSPS) is 20.1. The van der Waals surface area contributed by atoms with Gasteiger partial charge in [-0.2, -0.15) is 8.42 Å². The first-order chi connectivity index (χ1) is 16.8. The summed E-state index contributed by atoms with van der Waals surface area (Å²) in [6.45, 7) is 1.02. The number of amides is 1. The fourth-order valence-electron chi connectivity index (χ4n) is 4.60. The molecule has 180 valence electrons. The smallest absolute Gasteiger partial charge is 0.416 e. The third-order valence-electron chi connectivity index (χ3n) is 6.04. The second kappa shape index (κ2) is 8.67. The van der Waals surface area contributed by atoms with Gasteiger partial charge in [0.25, 0.3) is 0 Å². The van der Waals surface area contributed by atoms with E-state index in [1.165, 1.54) is 11.0 Å². The van der Waals surface area contributed by atoms with Gasteiger partial charge in [0.1, 0.15) is 18.8 Å². The summed E-state index contributed by atoms with van der Waals surface area (Å²) >= 11 is 0. The van der Waals surface area contributed by atoms with Crippen LogP contribution in [-0.4, -0.2) is 30.3 Å². The highest BCUT2D eigenvalue weighted by atomic mass is 32.2. The summed E-state index contributed by atoms with van der Waals surface area (Å²) in [5.74, 6) is 0.0477. The first-order valence-corrected chi connectivity index (χ1v) is 12.2. The number of nitrogens with zero attached hydrogens (tertiary/aromatic N) is 3. The van der Waals surface area contributed by atoms with Crippen LogP contribution < -0.4 is 9.08 Å². The van der Waals surface area contributed by atoms with Gasteiger partial charge in [-0.1, -0.05) is 66.7 Å². The molecular weight excluding hydrogens is 474 g/mol. The molecule has 0 saturated carbocycles. The Balaban J connectivity index is 1.70. The molecule has 0 radical (unpaired) electrons. The van der Waals surface area contributed by atoms with Crippen molar-refractivity contribution in [1.29, 1.82) is 0 Å². The average Bonchev–Trinajstić information content (AvgIpc) is 2.82. The Labute approximate surface area is 201 Å². The molecule has 0 aliphatic carbocycles. The first-order valence-electron chi connectivity index (χ1n) is 10.8. The first kappa shape index (κ1) is 22.8. The van der Waals surface area contributed by atoms with Crippen molar-refractivity contribution in [2.24, 2.45) is 0 Å². The number of hydrogen-bond donors (Lipinski definition) is 0. The summed E-state index contributed by atoms with van der Waals surface area (Å²) in [4.78, 5) is 25.9. The summed E-state index contributed by atoms with van der Waals surface area (Å²) in [6.07, 6.45) is -2.02. The van der Waals surface area contributed by atoms with Crippen LogP contribution >= 0.6 is 0 Å². The average molecular weight is 496 g/mol. The van der Waals surface area contributed by atoms with Gasteiger partial charge in [-0.25, -0.2) is 4.79 Å². The van der Waals surface area contributed by atoms with Crippen LogP contribution in [0.2, 0.25) is 0 Å². The van der Waals surface area contributed by atoms with Gasteiger partial charge in [0, 0.05) is 16.1 Å². The predicted octanol–water partition coefficient (Wildman–Crippen LogP) is 4.11. The Hall–Kier alpha value is -3.96. The number of carbonyl (C=O) groups is 1. The highest BCUT2D eigenvalue weighted by molar-refractivity contribution is 7.84. The molecule has 11 heteroatoms. The summed E-state index contributed by atoms with van der Waals surface area (Å²) in [6, 6.07) is 19.3. The van der Waals surface area contributed by atoms with Crippen LogP contribution in [0, 0.1) is 17.0 Å². The van der Waals surface area contributed by atoms with Crippen molar-refractivity contribution < 1.29 is 27.1 Å². The summed E-state index contributed by atoms with van der Waals surface area (Å²) in [5.41, 5.74) is 2.48. The Morgan fingerprint density at radius 1 is 1.03 bits per heavy atom. The van der Waals surface area contributed by atoms with Gasteiger partial charge in [0.15, 0.2) is 5.75 Å².